The van der Waals surface area contributed by atoms with Gasteiger partial charge in [-0.1, -0.05) is 36.5 Å². The smallest absolute Gasteiger partial charge is 0.377 e. The number of hydrogen-bond acceptors (Lipinski definition) is 7. The summed E-state index contributed by atoms with van der Waals surface area (Å²) in [6.07, 6.45) is 2.43. The number of aliphatic hydroxyl groups is 1. The minimum absolute atomic E-state index is 0.00249. The molecule has 0 amide bonds. The fourth-order valence-corrected chi connectivity index (χ4v) is 6.74. The first-order valence-electron chi connectivity index (χ1n) is 12.2. The van der Waals surface area contributed by atoms with Gasteiger partial charge in [0.2, 0.25) is 10.0 Å². The molecule has 2 saturated heterocycles. The van der Waals surface area contributed by atoms with Crippen LogP contribution >= 0.6 is 12.2 Å². The van der Waals surface area contributed by atoms with Gasteiger partial charge in [0.15, 0.2) is 5.60 Å². The third-order valence-corrected chi connectivity index (χ3v) is 9.44. The van der Waals surface area contributed by atoms with Crippen molar-refractivity contribution in [2.45, 2.75) is 50.1 Å². The van der Waals surface area contributed by atoms with E-state index < -0.39 is 27.8 Å². The zero-order valence-electron chi connectivity index (χ0n) is 20.5. The fourth-order valence-electron chi connectivity index (χ4n) is 4.67. The highest BCUT2D eigenvalue weighted by atomic mass is 32.2. The Morgan fingerprint density at radius 3 is 2.54 bits per heavy atom. The number of ether oxygens (including phenoxy) is 2. The van der Waals surface area contributed by atoms with Gasteiger partial charge >= 0.3 is 6.18 Å². The molecule has 1 N–H and O–H groups in total. The summed E-state index contributed by atoms with van der Waals surface area (Å²) in [4.78, 5) is 2.42. The van der Waals surface area contributed by atoms with Gasteiger partial charge < -0.3 is 19.5 Å². The third kappa shape index (κ3) is 6.10. The number of hydrogen-bond donors (Lipinski definition) is 1. The summed E-state index contributed by atoms with van der Waals surface area (Å²) in [5, 5.41) is 10.0. The molecule has 37 heavy (non-hydrogen) atoms. The van der Waals surface area contributed by atoms with Gasteiger partial charge in [0.05, 0.1) is 30.3 Å². The van der Waals surface area contributed by atoms with Crippen LogP contribution in [-0.4, -0.2) is 80.5 Å². The van der Waals surface area contributed by atoms with Crippen molar-refractivity contribution in [1.29, 1.82) is 0 Å². The Bertz CT molecular complexity index is 1140. The molecule has 0 spiro atoms. The Balaban J connectivity index is 1.54. The summed E-state index contributed by atoms with van der Waals surface area (Å²) >= 11 is 5.30. The number of sulfonamides is 1. The quantitative estimate of drug-likeness (QED) is 0.486. The second-order valence-electron chi connectivity index (χ2n) is 9.59. The molecule has 2 fully saturated rings. The average molecular weight is 561 g/mol. The van der Waals surface area contributed by atoms with Crippen molar-refractivity contribution in [3.63, 3.8) is 0 Å². The maximum atomic E-state index is 13.4. The lowest BCUT2D eigenvalue weighted by molar-refractivity contribution is -0.258. The van der Waals surface area contributed by atoms with Crippen LogP contribution in [0.3, 0.4) is 0 Å². The van der Waals surface area contributed by atoms with E-state index in [0.717, 1.165) is 12.8 Å². The van der Waals surface area contributed by atoms with E-state index in [1.807, 2.05) is 4.90 Å². The molecule has 1 aromatic carbocycles. The van der Waals surface area contributed by atoms with Crippen LogP contribution in [0, 0.1) is 0 Å². The summed E-state index contributed by atoms with van der Waals surface area (Å²) in [6, 6.07) is 5.11. The van der Waals surface area contributed by atoms with Gasteiger partial charge in [0, 0.05) is 43.2 Å². The van der Waals surface area contributed by atoms with Crippen molar-refractivity contribution >= 4 is 32.8 Å². The first-order valence-corrected chi connectivity index (χ1v) is 14.0. The molecule has 7 nitrogen and oxygen atoms in total. The Kier molecular flexibility index (Phi) is 8.46. The van der Waals surface area contributed by atoms with Crippen molar-refractivity contribution in [2.24, 2.45) is 0 Å². The van der Waals surface area contributed by atoms with Crippen molar-refractivity contribution in [1.82, 2.24) is 4.31 Å². The van der Waals surface area contributed by atoms with E-state index in [1.165, 1.54) is 34.6 Å². The first kappa shape index (κ1) is 28.2. The van der Waals surface area contributed by atoms with Gasteiger partial charge in [0.25, 0.3) is 0 Å². The first-order chi connectivity index (χ1) is 17.4. The molecule has 204 valence electrons. The van der Waals surface area contributed by atoms with Crippen LogP contribution < -0.4 is 4.90 Å². The molecule has 2 unspecified atom stereocenters. The molecule has 2 heterocycles. The molecule has 12 heteroatoms. The van der Waals surface area contributed by atoms with Crippen LogP contribution in [0.15, 0.2) is 47.4 Å². The number of rotatable bonds is 8. The van der Waals surface area contributed by atoms with Crippen LogP contribution in [0.1, 0.15) is 31.7 Å². The maximum absolute atomic E-state index is 13.4. The van der Waals surface area contributed by atoms with E-state index in [2.05, 4.69) is 0 Å². The average Bonchev–Trinajstić information content (AvgIpc) is 3.37. The summed E-state index contributed by atoms with van der Waals surface area (Å²) in [7, 11) is -3.82. The molecule has 3 atom stereocenters. The van der Waals surface area contributed by atoms with Gasteiger partial charge in [-0.3, -0.25) is 0 Å². The van der Waals surface area contributed by atoms with Gasteiger partial charge in [-0.2, -0.15) is 17.5 Å². The van der Waals surface area contributed by atoms with E-state index >= 15 is 0 Å². The van der Waals surface area contributed by atoms with Crippen LogP contribution in [0.25, 0.3) is 0 Å². The van der Waals surface area contributed by atoms with Gasteiger partial charge in [0.1, 0.15) is 0 Å². The summed E-state index contributed by atoms with van der Waals surface area (Å²) in [5.41, 5.74) is -2.65. The summed E-state index contributed by atoms with van der Waals surface area (Å²) in [5.74, 6) is 0. The molecule has 1 aliphatic carbocycles. The van der Waals surface area contributed by atoms with Crippen LogP contribution in [-0.2, 0) is 25.1 Å². The molecule has 2 aliphatic heterocycles. The summed E-state index contributed by atoms with van der Waals surface area (Å²) < 4.78 is 79.5. The number of benzene rings is 1. The number of thiocarbonyl (C=S) groups is 1. The molecule has 1 aromatic rings. The third-order valence-electron chi connectivity index (χ3n) is 6.98. The fraction of sp³-hybridized carbons (Fsp3) is 0.560. The van der Waals surface area contributed by atoms with Crippen LogP contribution in [0.2, 0.25) is 0 Å². The van der Waals surface area contributed by atoms with Gasteiger partial charge in [-0.25, -0.2) is 8.42 Å². The van der Waals surface area contributed by atoms with E-state index in [4.69, 9.17) is 21.7 Å². The number of anilines is 1. The lowest BCUT2D eigenvalue weighted by atomic mass is 9.95. The topological polar surface area (TPSA) is 79.3 Å². The highest BCUT2D eigenvalue weighted by Gasteiger charge is 2.51. The van der Waals surface area contributed by atoms with E-state index in [-0.39, 0.29) is 36.3 Å². The minimum atomic E-state index is -4.82. The van der Waals surface area contributed by atoms with Crippen molar-refractivity contribution in [3.8, 4) is 0 Å². The monoisotopic (exact) mass is 560 g/mol. The standard InChI is InChI=1S/C25H31F3N2O5S2/c1-24(31,25(26,27)28)18-8-10-19(11-9-18)30-13-12-29(37(32,33)23-7-3-2-6-22(23)36)15-20(30)16-34-17-21-5-4-14-35-21/h2-3,7-11,20-21,31H,4-6,12-17H2,1H3/t20-,21?,24?/m1/s1. The molecule has 0 saturated carbocycles. The van der Waals surface area contributed by atoms with Crippen LogP contribution in [0.5, 0.6) is 0 Å². The number of allylic oxidation sites excluding steroid dienone is 4. The van der Waals surface area contributed by atoms with E-state index in [0.29, 0.717) is 43.7 Å². The highest BCUT2D eigenvalue weighted by molar-refractivity contribution is 7.96. The maximum Gasteiger partial charge on any atom is 0.421 e. The summed E-state index contributed by atoms with van der Waals surface area (Å²) in [6.45, 7) is 2.59. The Hall–Kier alpha value is -1.83. The molecule has 4 rings (SSSR count). The number of piperazine rings is 1. The molecule has 0 aromatic heterocycles. The second kappa shape index (κ2) is 11.1. The van der Waals surface area contributed by atoms with Crippen LogP contribution in [0.4, 0.5) is 18.9 Å². The second-order valence-corrected chi connectivity index (χ2v) is 12.0. The van der Waals surface area contributed by atoms with E-state index in [1.54, 1.807) is 12.2 Å². The molecular weight excluding hydrogens is 529 g/mol. The van der Waals surface area contributed by atoms with E-state index in [9.17, 15) is 26.7 Å². The van der Waals surface area contributed by atoms with Gasteiger partial charge in [-0.05, 0) is 43.5 Å². The lowest BCUT2D eigenvalue weighted by Gasteiger charge is -2.42. The van der Waals surface area contributed by atoms with Gasteiger partial charge in [-0.15, -0.1) is 0 Å². The molecule has 3 aliphatic rings. The molecule has 0 radical (unpaired) electrons. The Labute approximate surface area is 220 Å². The zero-order valence-corrected chi connectivity index (χ0v) is 22.1. The lowest BCUT2D eigenvalue weighted by Crippen LogP contribution is -2.57. The molecular formula is C25H31F3N2O5S2. The SMILES string of the molecule is CC(O)(c1ccc(N2CCN(S(=O)(=O)C3=CC=CCC3=S)C[C@@H]2COCC2CCCO2)cc1)C(F)(F)F. The zero-order chi connectivity index (χ0) is 26.8. The minimum Gasteiger partial charge on any atom is -0.377 e. The number of halogens is 3. The highest BCUT2D eigenvalue weighted by Crippen LogP contribution is 2.39. The number of nitrogens with zero attached hydrogens (tertiary/aromatic N) is 2. The Morgan fingerprint density at radius 1 is 1.19 bits per heavy atom. The Morgan fingerprint density at radius 2 is 1.92 bits per heavy atom. The predicted molar refractivity (Wildman–Crippen MR) is 138 cm³/mol. The van der Waals surface area contributed by atoms with Crippen molar-refractivity contribution in [2.75, 3.05) is 44.4 Å². The van der Waals surface area contributed by atoms with Crippen molar-refractivity contribution < 1.29 is 36.2 Å². The predicted octanol–water partition coefficient (Wildman–Crippen LogP) is 3.69. The molecule has 0 bridgehead atoms. The largest absolute Gasteiger partial charge is 0.421 e. The van der Waals surface area contributed by atoms with Crippen molar-refractivity contribution in [3.05, 3.63) is 53.0 Å². The normalized spacial score (nSPS) is 25.3. The number of alkyl halides is 3.